The van der Waals surface area contributed by atoms with Crippen molar-refractivity contribution in [1.29, 1.82) is 0 Å². The van der Waals surface area contributed by atoms with Crippen molar-refractivity contribution in [2.24, 2.45) is 0 Å². The lowest BCUT2D eigenvalue weighted by Gasteiger charge is -2.22. The molecule has 1 aromatic heterocycles. The van der Waals surface area contributed by atoms with Gasteiger partial charge in [0.2, 0.25) is 0 Å². The highest BCUT2D eigenvalue weighted by molar-refractivity contribution is 5.94. The zero-order valence-electron chi connectivity index (χ0n) is 12.2. The summed E-state index contributed by atoms with van der Waals surface area (Å²) in [7, 11) is 0. The average molecular weight is 298 g/mol. The van der Waals surface area contributed by atoms with Crippen molar-refractivity contribution in [2.75, 3.05) is 13.2 Å². The molecule has 1 aliphatic heterocycles. The van der Waals surface area contributed by atoms with Crippen molar-refractivity contribution in [1.82, 2.24) is 9.88 Å². The number of amides is 1. The van der Waals surface area contributed by atoms with Gasteiger partial charge in [0.05, 0.1) is 12.6 Å². The number of aromatic nitrogens is 1. The molecule has 5 heteroatoms. The van der Waals surface area contributed by atoms with Crippen LogP contribution in [0.3, 0.4) is 0 Å². The molecule has 2 heterocycles. The molecular formula is C17H18N2O3. The fourth-order valence-corrected chi connectivity index (χ4v) is 2.88. The van der Waals surface area contributed by atoms with Crippen LogP contribution in [0.5, 0.6) is 0 Å². The minimum atomic E-state index is -0.394. The van der Waals surface area contributed by atoms with Gasteiger partial charge in [-0.15, -0.1) is 0 Å². The fourth-order valence-electron chi connectivity index (χ4n) is 2.88. The third-order valence-corrected chi connectivity index (χ3v) is 4.07. The maximum absolute atomic E-state index is 12.5. The van der Waals surface area contributed by atoms with Crippen molar-refractivity contribution in [3.05, 3.63) is 58.4 Å². The Morgan fingerprint density at radius 2 is 2.00 bits per heavy atom. The summed E-state index contributed by atoms with van der Waals surface area (Å²) < 4.78 is 0. The first kappa shape index (κ1) is 14.5. The lowest BCUT2D eigenvalue weighted by Crippen LogP contribution is -2.40. The first-order valence-electron chi connectivity index (χ1n) is 7.41. The number of nitrogens with one attached hydrogen (secondary N) is 1. The number of carbonyl (C=O) groups excluding carboxylic acids is 1. The van der Waals surface area contributed by atoms with E-state index in [1.54, 1.807) is 17.0 Å². The predicted octanol–water partition coefficient (Wildman–Crippen LogP) is 1.64. The smallest absolute Gasteiger partial charge is 0.261 e. The maximum atomic E-state index is 12.5. The molecule has 1 atom stereocenters. The number of nitrogens with zero attached hydrogens (tertiary/aromatic N) is 1. The zero-order chi connectivity index (χ0) is 15.5. The van der Waals surface area contributed by atoms with E-state index in [0.29, 0.717) is 12.2 Å². The van der Waals surface area contributed by atoms with Crippen LogP contribution in [0.2, 0.25) is 0 Å². The van der Waals surface area contributed by atoms with Gasteiger partial charge in [-0.2, -0.15) is 0 Å². The molecule has 1 saturated heterocycles. The Morgan fingerprint density at radius 3 is 2.68 bits per heavy atom. The molecule has 2 aromatic rings. The molecule has 0 aliphatic carbocycles. The lowest BCUT2D eigenvalue weighted by atomic mass is 10.1. The Bertz CT molecular complexity index is 724. The van der Waals surface area contributed by atoms with Crippen LogP contribution in [-0.2, 0) is 0 Å². The summed E-state index contributed by atoms with van der Waals surface area (Å²) in [5, 5.41) is 9.31. The summed E-state index contributed by atoms with van der Waals surface area (Å²) in [6, 6.07) is 12.6. The van der Waals surface area contributed by atoms with Gasteiger partial charge in [-0.3, -0.25) is 9.59 Å². The minimum Gasteiger partial charge on any atom is -0.394 e. The van der Waals surface area contributed by atoms with E-state index in [1.807, 2.05) is 30.3 Å². The summed E-state index contributed by atoms with van der Waals surface area (Å²) in [4.78, 5) is 29.1. The number of aromatic amines is 1. The SMILES string of the molecule is O=C(c1ccc(-c2ccccc2)[nH]c1=O)N1CCC[C@@H]1CO. The second-order valence-corrected chi connectivity index (χ2v) is 5.46. The third kappa shape index (κ3) is 2.67. The molecule has 22 heavy (non-hydrogen) atoms. The fraction of sp³-hybridized carbons (Fsp3) is 0.294. The molecule has 0 radical (unpaired) electrons. The van der Waals surface area contributed by atoms with Gasteiger partial charge in [0.1, 0.15) is 5.56 Å². The minimum absolute atomic E-state index is 0.0637. The summed E-state index contributed by atoms with van der Waals surface area (Å²) in [6.45, 7) is 0.523. The van der Waals surface area contributed by atoms with Crippen molar-refractivity contribution < 1.29 is 9.90 Å². The Kier molecular flexibility index (Phi) is 4.06. The lowest BCUT2D eigenvalue weighted by molar-refractivity contribution is 0.0676. The Labute approximate surface area is 128 Å². The van der Waals surface area contributed by atoms with Gasteiger partial charge in [0.25, 0.3) is 11.5 Å². The van der Waals surface area contributed by atoms with E-state index in [2.05, 4.69) is 4.98 Å². The van der Waals surface area contributed by atoms with E-state index in [4.69, 9.17) is 0 Å². The van der Waals surface area contributed by atoms with Gasteiger partial charge < -0.3 is 15.0 Å². The molecule has 1 aromatic carbocycles. The molecule has 2 N–H and O–H groups in total. The number of likely N-dealkylation sites (tertiary alicyclic amines) is 1. The van der Waals surface area contributed by atoms with Gasteiger partial charge in [0, 0.05) is 12.2 Å². The van der Waals surface area contributed by atoms with Crippen molar-refractivity contribution in [3.8, 4) is 11.3 Å². The van der Waals surface area contributed by atoms with E-state index < -0.39 is 5.56 Å². The Balaban J connectivity index is 1.90. The highest BCUT2D eigenvalue weighted by atomic mass is 16.3. The first-order chi connectivity index (χ1) is 10.7. The topological polar surface area (TPSA) is 73.4 Å². The van der Waals surface area contributed by atoms with Crippen LogP contribution in [0.25, 0.3) is 11.3 Å². The number of rotatable bonds is 3. The molecule has 1 amide bonds. The van der Waals surface area contributed by atoms with Crippen LogP contribution in [0.15, 0.2) is 47.3 Å². The molecule has 0 bridgehead atoms. The highest BCUT2D eigenvalue weighted by Crippen LogP contribution is 2.20. The monoisotopic (exact) mass is 298 g/mol. The zero-order valence-corrected chi connectivity index (χ0v) is 12.2. The third-order valence-electron chi connectivity index (χ3n) is 4.07. The summed E-state index contributed by atoms with van der Waals surface area (Å²) in [5.74, 6) is -0.308. The number of pyridine rings is 1. The second-order valence-electron chi connectivity index (χ2n) is 5.46. The molecule has 0 spiro atoms. The van der Waals surface area contributed by atoms with Gasteiger partial charge in [-0.1, -0.05) is 30.3 Å². The standard InChI is InChI=1S/C17H18N2O3/c20-11-13-7-4-10-19(13)17(22)14-8-9-15(18-16(14)21)12-5-2-1-3-6-12/h1-3,5-6,8-9,13,20H,4,7,10-11H2,(H,18,21)/t13-/m1/s1. The molecule has 1 aliphatic rings. The number of aliphatic hydroxyl groups excluding tert-OH is 1. The average Bonchev–Trinajstić information content (AvgIpc) is 3.03. The molecule has 1 fully saturated rings. The van der Waals surface area contributed by atoms with E-state index in [-0.39, 0.29) is 24.1 Å². The Hall–Kier alpha value is -2.40. The van der Waals surface area contributed by atoms with Crippen molar-refractivity contribution >= 4 is 5.91 Å². The van der Waals surface area contributed by atoms with E-state index in [9.17, 15) is 14.7 Å². The van der Waals surface area contributed by atoms with Gasteiger partial charge >= 0.3 is 0 Å². The van der Waals surface area contributed by atoms with Crippen molar-refractivity contribution in [2.45, 2.75) is 18.9 Å². The number of benzene rings is 1. The molecule has 3 rings (SSSR count). The predicted molar refractivity (Wildman–Crippen MR) is 83.6 cm³/mol. The van der Waals surface area contributed by atoms with Gasteiger partial charge in [-0.25, -0.2) is 0 Å². The summed E-state index contributed by atoms with van der Waals surface area (Å²) in [5.41, 5.74) is 1.31. The van der Waals surface area contributed by atoms with E-state index >= 15 is 0 Å². The number of carbonyl (C=O) groups is 1. The Morgan fingerprint density at radius 1 is 1.23 bits per heavy atom. The second kappa shape index (κ2) is 6.15. The maximum Gasteiger partial charge on any atom is 0.261 e. The van der Waals surface area contributed by atoms with Crippen molar-refractivity contribution in [3.63, 3.8) is 0 Å². The van der Waals surface area contributed by atoms with E-state index in [0.717, 1.165) is 18.4 Å². The number of hydrogen-bond donors (Lipinski definition) is 2. The van der Waals surface area contributed by atoms with Gasteiger partial charge in [-0.05, 0) is 30.5 Å². The molecule has 0 saturated carbocycles. The first-order valence-corrected chi connectivity index (χ1v) is 7.41. The molecule has 114 valence electrons. The van der Waals surface area contributed by atoms with Crippen LogP contribution in [0.1, 0.15) is 23.2 Å². The molecule has 0 unspecified atom stereocenters. The van der Waals surface area contributed by atoms with Crippen LogP contribution in [0, 0.1) is 0 Å². The highest BCUT2D eigenvalue weighted by Gasteiger charge is 2.30. The summed E-state index contributed by atoms with van der Waals surface area (Å²) in [6.07, 6.45) is 1.64. The number of H-pyrrole nitrogens is 1. The van der Waals surface area contributed by atoms with Crippen LogP contribution >= 0.6 is 0 Å². The van der Waals surface area contributed by atoms with Crippen LogP contribution in [0.4, 0.5) is 0 Å². The van der Waals surface area contributed by atoms with Crippen LogP contribution in [-0.4, -0.2) is 40.1 Å². The van der Waals surface area contributed by atoms with Crippen LogP contribution < -0.4 is 5.56 Å². The molecule has 5 nitrogen and oxygen atoms in total. The number of hydrogen-bond acceptors (Lipinski definition) is 3. The normalized spacial score (nSPS) is 17.7. The summed E-state index contributed by atoms with van der Waals surface area (Å²) >= 11 is 0. The molecular weight excluding hydrogens is 280 g/mol. The van der Waals surface area contributed by atoms with Gasteiger partial charge in [0.15, 0.2) is 0 Å². The largest absolute Gasteiger partial charge is 0.394 e. The quantitative estimate of drug-likeness (QED) is 0.904. The number of aliphatic hydroxyl groups is 1. The van der Waals surface area contributed by atoms with E-state index in [1.165, 1.54) is 0 Å².